The summed E-state index contributed by atoms with van der Waals surface area (Å²) in [4.78, 5) is 0. The Hall–Kier alpha value is -1.42. The lowest BCUT2D eigenvalue weighted by Crippen LogP contribution is -2.10. The Morgan fingerprint density at radius 3 is 2.53 bits per heavy atom. The van der Waals surface area contributed by atoms with Gasteiger partial charge in [0.05, 0.1) is 11.4 Å². The Kier molecular flexibility index (Phi) is 4.77. The van der Waals surface area contributed by atoms with Gasteiger partial charge in [0.15, 0.2) is 0 Å². The zero-order chi connectivity index (χ0) is 11.1. The normalized spacial score (nSPS) is 10.2. The van der Waals surface area contributed by atoms with Gasteiger partial charge in [-0.1, -0.05) is 0 Å². The van der Waals surface area contributed by atoms with E-state index in [1.54, 1.807) is 6.07 Å². The highest BCUT2D eigenvalue weighted by Crippen LogP contribution is 2.20. The monoisotopic (exact) mass is 208 g/mol. The maximum atomic E-state index is 5.81. The average Bonchev–Trinajstić information content (AvgIpc) is 2.20. The molecule has 0 spiro atoms. The van der Waals surface area contributed by atoms with Gasteiger partial charge in [-0.3, -0.25) is 0 Å². The van der Waals surface area contributed by atoms with Crippen LogP contribution in [0.4, 0.5) is 17.1 Å². The Balaban J connectivity index is 2.31. The van der Waals surface area contributed by atoms with Gasteiger partial charge in [-0.25, -0.2) is 0 Å². The van der Waals surface area contributed by atoms with E-state index in [1.807, 2.05) is 19.2 Å². The molecule has 0 aliphatic heterocycles. The second-order valence-electron chi connectivity index (χ2n) is 3.58. The molecule has 1 rings (SSSR count). The zero-order valence-corrected chi connectivity index (χ0v) is 9.22. The number of hydrogen-bond acceptors (Lipinski definition) is 4. The highest BCUT2D eigenvalue weighted by Gasteiger charge is 1.97. The molecule has 0 bridgehead atoms. The van der Waals surface area contributed by atoms with Crippen molar-refractivity contribution < 1.29 is 0 Å². The molecule has 15 heavy (non-hydrogen) atoms. The van der Waals surface area contributed by atoms with Gasteiger partial charge >= 0.3 is 0 Å². The van der Waals surface area contributed by atoms with Crippen LogP contribution in [-0.2, 0) is 0 Å². The van der Waals surface area contributed by atoms with Crippen molar-refractivity contribution in [3.05, 3.63) is 18.2 Å². The Morgan fingerprint density at radius 2 is 1.87 bits per heavy atom. The summed E-state index contributed by atoms with van der Waals surface area (Å²) >= 11 is 0. The van der Waals surface area contributed by atoms with Gasteiger partial charge in [0.2, 0.25) is 0 Å². The zero-order valence-electron chi connectivity index (χ0n) is 9.22. The van der Waals surface area contributed by atoms with Gasteiger partial charge < -0.3 is 22.1 Å². The van der Waals surface area contributed by atoms with Crippen LogP contribution in [0.15, 0.2) is 18.2 Å². The van der Waals surface area contributed by atoms with Crippen LogP contribution in [0.25, 0.3) is 0 Å². The van der Waals surface area contributed by atoms with Crippen LogP contribution in [-0.4, -0.2) is 20.1 Å². The second kappa shape index (κ2) is 6.14. The molecular weight excluding hydrogens is 188 g/mol. The van der Waals surface area contributed by atoms with E-state index in [-0.39, 0.29) is 0 Å². The molecule has 0 aliphatic rings. The topological polar surface area (TPSA) is 76.1 Å². The molecule has 0 radical (unpaired) electrons. The fourth-order valence-electron chi connectivity index (χ4n) is 1.39. The van der Waals surface area contributed by atoms with Crippen molar-refractivity contribution in [2.24, 2.45) is 0 Å². The summed E-state index contributed by atoms with van der Waals surface area (Å²) in [7, 11) is 1.96. The molecule has 0 heterocycles. The molecule has 1 aromatic carbocycles. The van der Waals surface area contributed by atoms with E-state index in [0.29, 0.717) is 11.4 Å². The number of unbranched alkanes of at least 4 members (excludes halogenated alkanes) is 1. The molecule has 84 valence electrons. The molecule has 0 aliphatic carbocycles. The number of rotatable bonds is 6. The summed E-state index contributed by atoms with van der Waals surface area (Å²) in [6.07, 6.45) is 2.29. The standard InChI is InChI=1S/C11H20N4/c1-14-6-2-3-7-15-11-5-4-9(12)8-10(11)13/h4-5,8,14-15H,2-3,6-7,12-13H2,1H3. The van der Waals surface area contributed by atoms with Crippen LogP contribution in [0, 0.1) is 0 Å². The summed E-state index contributed by atoms with van der Waals surface area (Å²) in [5.41, 5.74) is 13.8. The summed E-state index contributed by atoms with van der Waals surface area (Å²) in [6, 6.07) is 5.55. The van der Waals surface area contributed by atoms with Crippen LogP contribution in [0.3, 0.4) is 0 Å². The first-order chi connectivity index (χ1) is 7.24. The van der Waals surface area contributed by atoms with Gasteiger partial charge in [0, 0.05) is 12.2 Å². The van der Waals surface area contributed by atoms with E-state index in [0.717, 1.165) is 25.2 Å². The third-order valence-electron chi connectivity index (χ3n) is 2.24. The molecular formula is C11H20N4. The van der Waals surface area contributed by atoms with Crippen LogP contribution in [0.1, 0.15) is 12.8 Å². The van der Waals surface area contributed by atoms with Crippen LogP contribution in [0.2, 0.25) is 0 Å². The van der Waals surface area contributed by atoms with Crippen molar-refractivity contribution in [1.82, 2.24) is 5.32 Å². The number of nitrogens with one attached hydrogen (secondary N) is 2. The van der Waals surface area contributed by atoms with Gasteiger partial charge in [-0.2, -0.15) is 0 Å². The van der Waals surface area contributed by atoms with Crippen molar-refractivity contribution in [1.29, 1.82) is 0 Å². The summed E-state index contributed by atoms with van der Waals surface area (Å²) in [6.45, 7) is 1.99. The van der Waals surface area contributed by atoms with Gasteiger partial charge in [-0.05, 0) is 44.6 Å². The smallest absolute Gasteiger partial charge is 0.0575 e. The SMILES string of the molecule is CNCCCCNc1ccc(N)cc1N. The van der Waals surface area contributed by atoms with E-state index < -0.39 is 0 Å². The molecule has 0 unspecified atom stereocenters. The number of benzene rings is 1. The number of hydrogen-bond donors (Lipinski definition) is 4. The molecule has 0 atom stereocenters. The quantitative estimate of drug-likeness (QED) is 0.419. The molecule has 1 aromatic rings. The average molecular weight is 208 g/mol. The fourth-order valence-corrected chi connectivity index (χ4v) is 1.39. The van der Waals surface area contributed by atoms with Crippen LogP contribution < -0.4 is 22.1 Å². The van der Waals surface area contributed by atoms with Crippen molar-refractivity contribution >= 4 is 17.1 Å². The molecule has 0 amide bonds. The number of nitrogen functional groups attached to an aromatic ring is 2. The number of nitrogens with two attached hydrogens (primary N) is 2. The third-order valence-corrected chi connectivity index (χ3v) is 2.24. The van der Waals surface area contributed by atoms with E-state index in [4.69, 9.17) is 11.5 Å². The van der Waals surface area contributed by atoms with Gasteiger partial charge in [-0.15, -0.1) is 0 Å². The molecule has 4 nitrogen and oxygen atoms in total. The Bertz CT molecular complexity index is 299. The lowest BCUT2D eigenvalue weighted by molar-refractivity contribution is 0.694. The lowest BCUT2D eigenvalue weighted by Gasteiger charge is -2.09. The highest BCUT2D eigenvalue weighted by atomic mass is 14.9. The molecule has 0 aromatic heterocycles. The minimum absolute atomic E-state index is 0.702. The van der Waals surface area contributed by atoms with Crippen molar-refractivity contribution in [2.75, 3.05) is 36.9 Å². The summed E-state index contributed by atoms with van der Waals surface area (Å²) in [5, 5.41) is 6.41. The molecule has 6 N–H and O–H groups in total. The van der Waals surface area contributed by atoms with E-state index in [9.17, 15) is 0 Å². The van der Waals surface area contributed by atoms with Crippen LogP contribution >= 0.6 is 0 Å². The first-order valence-corrected chi connectivity index (χ1v) is 5.27. The van der Waals surface area contributed by atoms with E-state index in [2.05, 4.69) is 10.6 Å². The highest BCUT2D eigenvalue weighted by molar-refractivity contribution is 5.70. The first-order valence-electron chi connectivity index (χ1n) is 5.27. The van der Waals surface area contributed by atoms with E-state index in [1.165, 1.54) is 6.42 Å². The Morgan fingerprint density at radius 1 is 1.13 bits per heavy atom. The molecule has 0 saturated heterocycles. The predicted octanol–water partition coefficient (Wildman–Crippen LogP) is 1.26. The van der Waals surface area contributed by atoms with Crippen LogP contribution in [0.5, 0.6) is 0 Å². The predicted molar refractivity (Wildman–Crippen MR) is 66.9 cm³/mol. The minimum Gasteiger partial charge on any atom is -0.399 e. The van der Waals surface area contributed by atoms with Crippen molar-refractivity contribution in [3.8, 4) is 0 Å². The second-order valence-corrected chi connectivity index (χ2v) is 3.58. The number of anilines is 3. The largest absolute Gasteiger partial charge is 0.399 e. The maximum Gasteiger partial charge on any atom is 0.0575 e. The summed E-state index contributed by atoms with van der Waals surface area (Å²) in [5.74, 6) is 0. The summed E-state index contributed by atoms with van der Waals surface area (Å²) < 4.78 is 0. The maximum absolute atomic E-state index is 5.81. The van der Waals surface area contributed by atoms with Crippen molar-refractivity contribution in [3.63, 3.8) is 0 Å². The Labute approximate surface area is 91.0 Å². The molecule has 0 fully saturated rings. The molecule has 4 heteroatoms. The van der Waals surface area contributed by atoms with Crippen molar-refractivity contribution in [2.45, 2.75) is 12.8 Å². The third kappa shape index (κ3) is 4.08. The minimum atomic E-state index is 0.702. The lowest BCUT2D eigenvalue weighted by atomic mass is 10.2. The van der Waals surface area contributed by atoms with Gasteiger partial charge in [0.1, 0.15) is 0 Å². The molecule has 0 saturated carbocycles. The van der Waals surface area contributed by atoms with Gasteiger partial charge in [0.25, 0.3) is 0 Å². The fraction of sp³-hybridized carbons (Fsp3) is 0.455. The first kappa shape index (κ1) is 11.7. The van der Waals surface area contributed by atoms with E-state index >= 15 is 0 Å².